The van der Waals surface area contributed by atoms with Gasteiger partial charge in [-0.3, -0.25) is 10.1 Å². The maximum absolute atomic E-state index is 11.0. The van der Waals surface area contributed by atoms with Gasteiger partial charge in [0.2, 0.25) is 0 Å². The minimum Gasteiger partial charge on any atom is -0.487 e. The molecule has 0 aliphatic rings. The third-order valence-corrected chi connectivity index (χ3v) is 2.98. The van der Waals surface area contributed by atoms with Gasteiger partial charge in [0.25, 0.3) is 0 Å². The number of benzene rings is 1. The van der Waals surface area contributed by atoms with Crippen LogP contribution in [0.1, 0.15) is 45.1 Å². The van der Waals surface area contributed by atoms with Crippen molar-refractivity contribution in [2.75, 3.05) is 13.2 Å². The minimum absolute atomic E-state index is 0.0424. The zero-order chi connectivity index (χ0) is 14.8. The molecule has 0 heterocycles. The quantitative estimate of drug-likeness (QED) is 0.403. The van der Waals surface area contributed by atoms with Crippen LogP contribution in [0.2, 0.25) is 0 Å². The first-order chi connectivity index (χ1) is 9.69. The molecule has 0 fully saturated rings. The van der Waals surface area contributed by atoms with Crippen molar-refractivity contribution in [1.29, 1.82) is 0 Å². The van der Waals surface area contributed by atoms with Gasteiger partial charge in [-0.1, -0.05) is 32.8 Å². The Balaban J connectivity index is 2.69. The molecule has 1 N–H and O–H groups in total. The highest BCUT2D eigenvalue weighted by Crippen LogP contribution is 2.28. The second kappa shape index (κ2) is 9.31. The number of hydrogen-bond acceptors (Lipinski definition) is 4. The van der Waals surface area contributed by atoms with Crippen LogP contribution in [0.25, 0.3) is 0 Å². The van der Waals surface area contributed by atoms with E-state index in [0.29, 0.717) is 18.9 Å². The maximum atomic E-state index is 11.0. The van der Waals surface area contributed by atoms with Crippen LogP contribution in [0.3, 0.4) is 0 Å². The van der Waals surface area contributed by atoms with Gasteiger partial charge in [0, 0.05) is 12.6 Å². The largest absolute Gasteiger partial charge is 0.487 e. The summed E-state index contributed by atoms with van der Waals surface area (Å²) in [5, 5.41) is 14.3. The van der Waals surface area contributed by atoms with E-state index >= 15 is 0 Å². The van der Waals surface area contributed by atoms with Gasteiger partial charge >= 0.3 is 5.69 Å². The summed E-state index contributed by atoms with van der Waals surface area (Å²) in [6.07, 6.45) is 4.16. The third kappa shape index (κ3) is 5.57. The van der Waals surface area contributed by atoms with Crippen LogP contribution in [0.4, 0.5) is 5.69 Å². The Morgan fingerprint density at radius 3 is 2.70 bits per heavy atom. The van der Waals surface area contributed by atoms with Crippen LogP contribution in [0, 0.1) is 10.1 Å². The van der Waals surface area contributed by atoms with E-state index in [2.05, 4.69) is 19.2 Å². The standard InChI is InChI=1S/C15H24N2O3/c1-3-5-6-10-20-15-11-13(12-16-9-4-2)7-8-14(15)17(18)19/h7-8,11,16H,3-6,9-10,12H2,1-2H3. The van der Waals surface area contributed by atoms with Crippen LogP contribution in [0.5, 0.6) is 5.75 Å². The van der Waals surface area contributed by atoms with Gasteiger partial charge in [-0.25, -0.2) is 0 Å². The van der Waals surface area contributed by atoms with Crippen LogP contribution in [-0.4, -0.2) is 18.1 Å². The van der Waals surface area contributed by atoms with Crippen molar-refractivity contribution in [2.45, 2.75) is 46.1 Å². The van der Waals surface area contributed by atoms with Crippen molar-refractivity contribution in [2.24, 2.45) is 0 Å². The van der Waals surface area contributed by atoms with E-state index in [1.165, 1.54) is 6.07 Å². The molecule has 0 amide bonds. The summed E-state index contributed by atoms with van der Waals surface area (Å²) in [6, 6.07) is 5.07. The number of nitrogens with zero attached hydrogens (tertiary/aromatic N) is 1. The second-order valence-electron chi connectivity index (χ2n) is 4.79. The van der Waals surface area contributed by atoms with Crippen molar-refractivity contribution in [3.63, 3.8) is 0 Å². The van der Waals surface area contributed by atoms with Crippen molar-refractivity contribution in [3.8, 4) is 5.75 Å². The van der Waals surface area contributed by atoms with E-state index in [1.54, 1.807) is 12.1 Å². The highest BCUT2D eigenvalue weighted by molar-refractivity contribution is 5.48. The Kier molecular flexibility index (Phi) is 7.65. The molecule has 112 valence electrons. The summed E-state index contributed by atoms with van der Waals surface area (Å²) in [6.45, 7) is 6.38. The molecule has 1 rings (SSSR count). The normalized spacial score (nSPS) is 10.5. The number of nitrogens with one attached hydrogen (secondary N) is 1. The average molecular weight is 280 g/mol. The molecule has 0 bridgehead atoms. The second-order valence-corrected chi connectivity index (χ2v) is 4.79. The number of ether oxygens (including phenoxy) is 1. The highest BCUT2D eigenvalue weighted by atomic mass is 16.6. The van der Waals surface area contributed by atoms with Crippen LogP contribution in [0.15, 0.2) is 18.2 Å². The number of nitro groups is 1. The molecule has 1 aromatic carbocycles. The van der Waals surface area contributed by atoms with E-state index in [0.717, 1.165) is 37.8 Å². The summed E-state index contributed by atoms with van der Waals surface area (Å²) in [5.74, 6) is 0.377. The zero-order valence-electron chi connectivity index (χ0n) is 12.4. The molecule has 0 atom stereocenters. The smallest absolute Gasteiger partial charge is 0.310 e. The number of unbranched alkanes of at least 4 members (excludes halogenated alkanes) is 2. The van der Waals surface area contributed by atoms with Gasteiger partial charge < -0.3 is 10.1 Å². The molecule has 0 unspecified atom stereocenters. The topological polar surface area (TPSA) is 64.4 Å². The average Bonchev–Trinajstić information content (AvgIpc) is 2.44. The molecule has 5 nitrogen and oxygen atoms in total. The lowest BCUT2D eigenvalue weighted by atomic mass is 10.2. The first-order valence-electron chi connectivity index (χ1n) is 7.29. The van der Waals surface area contributed by atoms with E-state index in [1.807, 2.05) is 0 Å². The summed E-state index contributed by atoms with van der Waals surface area (Å²) >= 11 is 0. The maximum Gasteiger partial charge on any atom is 0.310 e. The van der Waals surface area contributed by atoms with Crippen LogP contribution < -0.4 is 10.1 Å². The van der Waals surface area contributed by atoms with Gasteiger partial charge in [-0.2, -0.15) is 0 Å². The fraction of sp³-hybridized carbons (Fsp3) is 0.600. The predicted molar refractivity (Wildman–Crippen MR) is 80.1 cm³/mol. The molecule has 5 heteroatoms. The summed E-state index contributed by atoms with van der Waals surface area (Å²) < 4.78 is 5.58. The van der Waals surface area contributed by atoms with E-state index in [9.17, 15) is 10.1 Å². The van der Waals surface area contributed by atoms with Gasteiger partial charge in [-0.05, 0) is 31.0 Å². The van der Waals surface area contributed by atoms with Gasteiger partial charge in [0.05, 0.1) is 11.5 Å². The van der Waals surface area contributed by atoms with Gasteiger partial charge in [0.15, 0.2) is 5.75 Å². The summed E-state index contributed by atoms with van der Waals surface area (Å²) in [4.78, 5) is 10.6. The van der Waals surface area contributed by atoms with Crippen LogP contribution in [-0.2, 0) is 6.54 Å². The van der Waals surface area contributed by atoms with E-state index in [4.69, 9.17) is 4.74 Å². The first kappa shape index (κ1) is 16.4. The molecular weight excluding hydrogens is 256 g/mol. The fourth-order valence-electron chi connectivity index (χ4n) is 1.88. The molecule has 0 radical (unpaired) electrons. The zero-order valence-corrected chi connectivity index (χ0v) is 12.4. The number of hydrogen-bond donors (Lipinski definition) is 1. The lowest BCUT2D eigenvalue weighted by Gasteiger charge is -2.09. The molecule has 0 aliphatic heterocycles. The summed E-state index contributed by atoms with van der Waals surface area (Å²) in [7, 11) is 0. The van der Waals surface area contributed by atoms with Crippen molar-refractivity contribution < 1.29 is 9.66 Å². The monoisotopic (exact) mass is 280 g/mol. The summed E-state index contributed by atoms with van der Waals surface area (Å²) in [5.41, 5.74) is 1.05. The Morgan fingerprint density at radius 2 is 2.05 bits per heavy atom. The number of nitro benzene ring substituents is 1. The molecule has 0 spiro atoms. The Morgan fingerprint density at radius 1 is 1.25 bits per heavy atom. The lowest BCUT2D eigenvalue weighted by Crippen LogP contribution is -2.14. The lowest BCUT2D eigenvalue weighted by molar-refractivity contribution is -0.385. The van der Waals surface area contributed by atoms with Crippen molar-refractivity contribution in [1.82, 2.24) is 5.32 Å². The SMILES string of the molecule is CCCCCOc1cc(CNCCC)ccc1[N+](=O)[O-]. The Hall–Kier alpha value is -1.62. The third-order valence-electron chi connectivity index (χ3n) is 2.98. The molecule has 0 saturated heterocycles. The Labute approximate surface area is 120 Å². The van der Waals surface area contributed by atoms with Crippen molar-refractivity contribution >= 4 is 5.69 Å². The fourth-order valence-corrected chi connectivity index (χ4v) is 1.88. The van der Waals surface area contributed by atoms with E-state index < -0.39 is 4.92 Å². The predicted octanol–water partition coefficient (Wildman–Crippen LogP) is 3.66. The first-order valence-corrected chi connectivity index (χ1v) is 7.29. The van der Waals surface area contributed by atoms with Crippen LogP contribution >= 0.6 is 0 Å². The van der Waals surface area contributed by atoms with Crippen molar-refractivity contribution in [3.05, 3.63) is 33.9 Å². The minimum atomic E-state index is -0.390. The molecule has 0 aliphatic carbocycles. The van der Waals surface area contributed by atoms with Gasteiger partial charge in [0.1, 0.15) is 0 Å². The Bertz CT molecular complexity index is 422. The molecule has 0 aromatic heterocycles. The van der Waals surface area contributed by atoms with Gasteiger partial charge in [-0.15, -0.1) is 0 Å². The molecule has 0 saturated carbocycles. The molecule has 1 aromatic rings. The molecule has 20 heavy (non-hydrogen) atoms. The molecular formula is C15H24N2O3. The number of rotatable bonds is 10. The van der Waals surface area contributed by atoms with E-state index in [-0.39, 0.29) is 5.69 Å². The highest BCUT2D eigenvalue weighted by Gasteiger charge is 2.15.